The average Bonchev–Trinajstić information content (AvgIpc) is 2.49. The van der Waals surface area contributed by atoms with E-state index in [2.05, 4.69) is 15.3 Å². The third-order valence-electron chi connectivity index (χ3n) is 3.27. The smallest absolute Gasteiger partial charge is 0.276 e. The van der Waals surface area contributed by atoms with E-state index >= 15 is 0 Å². The highest BCUT2D eigenvalue weighted by Crippen LogP contribution is 2.15. The maximum atomic E-state index is 12.3. The number of benzene rings is 2. The molecule has 0 aliphatic rings. The van der Waals surface area contributed by atoms with E-state index in [1.165, 1.54) is 0 Å². The van der Waals surface area contributed by atoms with Crippen LogP contribution in [0.4, 0.5) is 5.69 Å². The molecule has 0 aliphatic heterocycles. The van der Waals surface area contributed by atoms with Crippen LogP contribution in [0.5, 0.6) is 0 Å². The van der Waals surface area contributed by atoms with Crippen LogP contribution in [0.1, 0.15) is 21.7 Å². The Labute approximate surface area is 122 Å². The van der Waals surface area contributed by atoms with E-state index in [1.807, 2.05) is 55.5 Å². The van der Waals surface area contributed by atoms with E-state index in [4.69, 9.17) is 0 Å². The average molecular weight is 277 g/mol. The Hall–Kier alpha value is -2.75. The van der Waals surface area contributed by atoms with Gasteiger partial charge in [0.2, 0.25) is 0 Å². The van der Waals surface area contributed by atoms with Gasteiger partial charge in [-0.25, -0.2) is 9.97 Å². The van der Waals surface area contributed by atoms with Crippen molar-refractivity contribution in [3.05, 3.63) is 65.5 Å². The van der Waals surface area contributed by atoms with Gasteiger partial charge < -0.3 is 5.32 Å². The molecule has 3 rings (SSSR count). The first kappa shape index (κ1) is 13.2. The number of amides is 1. The second kappa shape index (κ2) is 5.32. The monoisotopic (exact) mass is 277 g/mol. The van der Waals surface area contributed by atoms with E-state index in [-0.39, 0.29) is 5.91 Å². The summed E-state index contributed by atoms with van der Waals surface area (Å²) in [5.41, 5.74) is 4.39. The fourth-order valence-corrected chi connectivity index (χ4v) is 2.13. The lowest BCUT2D eigenvalue weighted by Gasteiger charge is -2.08. The quantitative estimate of drug-likeness (QED) is 0.780. The van der Waals surface area contributed by atoms with Gasteiger partial charge in [0.05, 0.1) is 16.7 Å². The van der Waals surface area contributed by atoms with Crippen molar-refractivity contribution in [3.63, 3.8) is 0 Å². The lowest BCUT2D eigenvalue weighted by molar-refractivity contribution is 0.102. The molecule has 0 spiro atoms. The Balaban J connectivity index is 1.93. The summed E-state index contributed by atoms with van der Waals surface area (Å²) in [5, 5.41) is 2.85. The van der Waals surface area contributed by atoms with Crippen LogP contribution in [0.25, 0.3) is 11.0 Å². The number of nitrogens with zero attached hydrogens (tertiary/aromatic N) is 2. The highest BCUT2D eigenvalue weighted by atomic mass is 16.1. The van der Waals surface area contributed by atoms with Gasteiger partial charge in [-0.15, -0.1) is 0 Å². The van der Waals surface area contributed by atoms with E-state index in [0.29, 0.717) is 11.4 Å². The van der Waals surface area contributed by atoms with E-state index < -0.39 is 0 Å². The van der Waals surface area contributed by atoms with Crippen molar-refractivity contribution in [2.24, 2.45) is 0 Å². The minimum atomic E-state index is -0.241. The summed E-state index contributed by atoms with van der Waals surface area (Å²) in [4.78, 5) is 21.2. The maximum absolute atomic E-state index is 12.3. The predicted octanol–water partition coefficient (Wildman–Crippen LogP) is 3.50. The zero-order chi connectivity index (χ0) is 14.8. The topological polar surface area (TPSA) is 54.9 Å². The number of nitrogens with one attached hydrogen (secondary N) is 1. The Morgan fingerprint density at radius 2 is 1.52 bits per heavy atom. The Bertz CT molecular complexity index is 810. The minimum absolute atomic E-state index is 0.241. The highest BCUT2D eigenvalue weighted by molar-refractivity contribution is 6.04. The molecule has 0 bridgehead atoms. The molecule has 1 amide bonds. The number of hydrogen-bond acceptors (Lipinski definition) is 3. The third-order valence-corrected chi connectivity index (χ3v) is 3.27. The molecule has 0 saturated carbocycles. The van der Waals surface area contributed by atoms with Gasteiger partial charge in [-0.05, 0) is 38.1 Å². The number of para-hydroxylation sites is 2. The SMILES string of the molecule is Cc1ccc(NC(=O)c2nc3ccccc3nc2C)cc1. The molecule has 4 nitrogen and oxygen atoms in total. The summed E-state index contributed by atoms with van der Waals surface area (Å²) in [6.07, 6.45) is 0. The first-order valence-corrected chi connectivity index (χ1v) is 6.75. The molecule has 1 N–H and O–H groups in total. The van der Waals surface area contributed by atoms with Crippen LogP contribution in [0.2, 0.25) is 0 Å². The van der Waals surface area contributed by atoms with Crippen LogP contribution in [-0.4, -0.2) is 15.9 Å². The number of hydrogen-bond donors (Lipinski definition) is 1. The molecule has 2 aromatic carbocycles. The van der Waals surface area contributed by atoms with Gasteiger partial charge in [0.25, 0.3) is 5.91 Å². The molecule has 0 atom stereocenters. The van der Waals surface area contributed by atoms with Crippen molar-refractivity contribution >= 4 is 22.6 Å². The van der Waals surface area contributed by atoms with Crippen molar-refractivity contribution in [2.45, 2.75) is 13.8 Å². The zero-order valence-corrected chi connectivity index (χ0v) is 11.9. The molecule has 104 valence electrons. The summed E-state index contributed by atoms with van der Waals surface area (Å²) in [6, 6.07) is 15.2. The summed E-state index contributed by atoms with van der Waals surface area (Å²) >= 11 is 0. The highest BCUT2D eigenvalue weighted by Gasteiger charge is 2.13. The largest absolute Gasteiger partial charge is 0.321 e. The standard InChI is InChI=1S/C17H15N3O/c1-11-7-9-13(10-8-11)19-17(21)16-12(2)18-14-5-3-4-6-15(14)20-16/h3-10H,1-2H3,(H,19,21). The van der Waals surface area contributed by atoms with Crippen LogP contribution >= 0.6 is 0 Å². The molecule has 1 heterocycles. The van der Waals surface area contributed by atoms with Gasteiger partial charge in [0.15, 0.2) is 0 Å². The van der Waals surface area contributed by atoms with E-state index in [1.54, 1.807) is 6.92 Å². The van der Waals surface area contributed by atoms with Gasteiger partial charge in [-0.3, -0.25) is 4.79 Å². The number of anilines is 1. The first-order valence-electron chi connectivity index (χ1n) is 6.75. The number of fused-ring (bicyclic) bond motifs is 1. The molecule has 0 saturated heterocycles. The van der Waals surface area contributed by atoms with E-state index in [0.717, 1.165) is 22.3 Å². The summed E-state index contributed by atoms with van der Waals surface area (Å²) in [6.45, 7) is 3.80. The molecule has 21 heavy (non-hydrogen) atoms. The van der Waals surface area contributed by atoms with Crippen molar-refractivity contribution in [1.29, 1.82) is 0 Å². The number of carbonyl (C=O) groups is 1. The second-order valence-electron chi connectivity index (χ2n) is 4.97. The van der Waals surface area contributed by atoms with Crippen LogP contribution < -0.4 is 5.32 Å². The summed E-state index contributed by atoms with van der Waals surface area (Å²) < 4.78 is 0. The number of rotatable bonds is 2. The third kappa shape index (κ3) is 2.74. The van der Waals surface area contributed by atoms with Crippen molar-refractivity contribution < 1.29 is 4.79 Å². The van der Waals surface area contributed by atoms with Gasteiger partial charge >= 0.3 is 0 Å². The zero-order valence-electron chi connectivity index (χ0n) is 11.9. The molecule has 0 fully saturated rings. The van der Waals surface area contributed by atoms with Gasteiger partial charge in [0, 0.05) is 5.69 Å². The summed E-state index contributed by atoms with van der Waals surface area (Å²) in [7, 11) is 0. The molecule has 0 unspecified atom stereocenters. The molecule has 1 aromatic heterocycles. The molecular formula is C17H15N3O. The Kier molecular flexibility index (Phi) is 3.36. The second-order valence-corrected chi connectivity index (χ2v) is 4.97. The fraction of sp³-hybridized carbons (Fsp3) is 0.118. The Morgan fingerprint density at radius 3 is 2.19 bits per heavy atom. The maximum Gasteiger partial charge on any atom is 0.276 e. The first-order chi connectivity index (χ1) is 10.1. The van der Waals surface area contributed by atoms with Crippen LogP contribution in [-0.2, 0) is 0 Å². The summed E-state index contributed by atoms with van der Waals surface area (Å²) in [5.74, 6) is -0.241. The van der Waals surface area contributed by atoms with Crippen molar-refractivity contribution in [3.8, 4) is 0 Å². The van der Waals surface area contributed by atoms with Crippen LogP contribution in [0, 0.1) is 13.8 Å². The molecule has 0 aliphatic carbocycles. The van der Waals surface area contributed by atoms with Crippen LogP contribution in [0.3, 0.4) is 0 Å². The van der Waals surface area contributed by atoms with Gasteiger partial charge in [-0.2, -0.15) is 0 Å². The van der Waals surface area contributed by atoms with Crippen LogP contribution in [0.15, 0.2) is 48.5 Å². The van der Waals surface area contributed by atoms with Gasteiger partial charge in [-0.1, -0.05) is 29.8 Å². The predicted molar refractivity (Wildman–Crippen MR) is 83.4 cm³/mol. The minimum Gasteiger partial charge on any atom is -0.321 e. The van der Waals surface area contributed by atoms with Crippen molar-refractivity contribution in [1.82, 2.24) is 9.97 Å². The van der Waals surface area contributed by atoms with Gasteiger partial charge in [0.1, 0.15) is 5.69 Å². The number of aromatic nitrogens is 2. The van der Waals surface area contributed by atoms with E-state index in [9.17, 15) is 4.79 Å². The molecule has 4 heteroatoms. The lowest BCUT2D eigenvalue weighted by Crippen LogP contribution is -2.16. The number of carbonyl (C=O) groups excluding carboxylic acids is 1. The number of aryl methyl sites for hydroxylation is 2. The molecule has 0 radical (unpaired) electrons. The Morgan fingerprint density at radius 1 is 0.905 bits per heavy atom. The molecular weight excluding hydrogens is 262 g/mol. The van der Waals surface area contributed by atoms with Crippen molar-refractivity contribution in [2.75, 3.05) is 5.32 Å². The fourth-order valence-electron chi connectivity index (χ4n) is 2.13. The normalized spacial score (nSPS) is 10.6. The molecule has 3 aromatic rings. The lowest BCUT2D eigenvalue weighted by atomic mass is 10.2.